The van der Waals surface area contributed by atoms with Crippen LogP contribution in [-0.4, -0.2) is 17.6 Å². The fourth-order valence-corrected chi connectivity index (χ4v) is 2.65. The summed E-state index contributed by atoms with van der Waals surface area (Å²) >= 11 is 3.42. The van der Waals surface area contributed by atoms with Crippen molar-refractivity contribution in [3.05, 3.63) is 33.8 Å². The van der Waals surface area contributed by atoms with Crippen LogP contribution in [0.3, 0.4) is 0 Å². The van der Waals surface area contributed by atoms with Crippen molar-refractivity contribution in [3.63, 3.8) is 0 Å². The molecule has 0 radical (unpaired) electrons. The smallest absolute Gasteiger partial charge is 0.335 e. The SMILES string of the molecule is O=C(O)c1ccc(CNCCC2CCC2)c(Br)c1. The predicted octanol–water partition coefficient (Wildman–Crippen LogP) is 3.43. The Morgan fingerprint density at radius 1 is 1.44 bits per heavy atom. The van der Waals surface area contributed by atoms with E-state index in [2.05, 4.69) is 21.2 Å². The maximum absolute atomic E-state index is 10.8. The molecule has 1 fully saturated rings. The van der Waals surface area contributed by atoms with Crippen LogP contribution < -0.4 is 5.32 Å². The van der Waals surface area contributed by atoms with Crippen LogP contribution in [0.15, 0.2) is 22.7 Å². The Morgan fingerprint density at radius 2 is 2.22 bits per heavy atom. The molecule has 0 bridgehead atoms. The fraction of sp³-hybridized carbons (Fsp3) is 0.500. The third-order valence-corrected chi connectivity index (χ3v) is 4.31. The van der Waals surface area contributed by atoms with E-state index in [4.69, 9.17) is 5.11 Å². The number of benzene rings is 1. The summed E-state index contributed by atoms with van der Waals surface area (Å²) in [5.74, 6) is 0.0375. The van der Waals surface area contributed by atoms with Gasteiger partial charge >= 0.3 is 5.97 Å². The van der Waals surface area contributed by atoms with Crippen LogP contribution in [0.1, 0.15) is 41.6 Å². The molecule has 0 amide bonds. The Bertz CT molecular complexity index is 430. The first-order valence-corrected chi connectivity index (χ1v) is 7.18. The number of rotatable bonds is 6. The topological polar surface area (TPSA) is 49.3 Å². The molecule has 3 nitrogen and oxygen atoms in total. The summed E-state index contributed by atoms with van der Waals surface area (Å²) in [4.78, 5) is 10.8. The molecular formula is C14H18BrNO2. The van der Waals surface area contributed by atoms with E-state index in [1.807, 2.05) is 6.07 Å². The van der Waals surface area contributed by atoms with E-state index < -0.39 is 5.97 Å². The molecule has 1 aliphatic carbocycles. The minimum Gasteiger partial charge on any atom is -0.478 e. The van der Waals surface area contributed by atoms with Gasteiger partial charge in [-0.25, -0.2) is 4.79 Å². The summed E-state index contributed by atoms with van der Waals surface area (Å²) in [5.41, 5.74) is 1.42. The molecular weight excluding hydrogens is 294 g/mol. The summed E-state index contributed by atoms with van der Waals surface area (Å²) in [6.07, 6.45) is 5.43. The van der Waals surface area contributed by atoms with E-state index in [-0.39, 0.29) is 0 Å². The number of hydrogen-bond acceptors (Lipinski definition) is 2. The zero-order valence-corrected chi connectivity index (χ0v) is 11.9. The molecule has 1 aliphatic rings. The van der Waals surface area contributed by atoms with Gasteiger partial charge in [0.05, 0.1) is 5.56 Å². The lowest BCUT2D eigenvalue weighted by atomic mass is 9.83. The number of carboxylic acids is 1. The molecule has 0 saturated heterocycles. The highest BCUT2D eigenvalue weighted by molar-refractivity contribution is 9.10. The van der Waals surface area contributed by atoms with Gasteiger partial charge in [0.25, 0.3) is 0 Å². The molecule has 98 valence electrons. The van der Waals surface area contributed by atoms with Crippen LogP contribution in [0.4, 0.5) is 0 Å². The van der Waals surface area contributed by atoms with E-state index >= 15 is 0 Å². The largest absolute Gasteiger partial charge is 0.478 e. The van der Waals surface area contributed by atoms with Crippen molar-refractivity contribution in [1.29, 1.82) is 0 Å². The summed E-state index contributed by atoms with van der Waals surface area (Å²) < 4.78 is 0.860. The lowest BCUT2D eigenvalue weighted by Gasteiger charge is -2.25. The highest BCUT2D eigenvalue weighted by Crippen LogP contribution is 2.28. The number of aromatic carboxylic acids is 1. The molecule has 1 saturated carbocycles. The van der Waals surface area contributed by atoms with Gasteiger partial charge in [-0.1, -0.05) is 41.3 Å². The summed E-state index contributed by atoms with van der Waals surface area (Å²) in [6.45, 7) is 1.82. The minimum atomic E-state index is -0.889. The minimum absolute atomic E-state index is 0.320. The highest BCUT2D eigenvalue weighted by Gasteiger charge is 2.16. The number of carbonyl (C=O) groups is 1. The molecule has 0 unspecified atom stereocenters. The van der Waals surface area contributed by atoms with Crippen molar-refractivity contribution >= 4 is 21.9 Å². The van der Waals surface area contributed by atoms with Crippen molar-refractivity contribution in [1.82, 2.24) is 5.32 Å². The monoisotopic (exact) mass is 311 g/mol. The maximum Gasteiger partial charge on any atom is 0.335 e. The molecule has 0 spiro atoms. The van der Waals surface area contributed by atoms with Crippen LogP contribution in [0, 0.1) is 5.92 Å². The van der Waals surface area contributed by atoms with Gasteiger partial charge in [-0.3, -0.25) is 0 Å². The van der Waals surface area contributed by atoms with E-state index in [1.54, 1.807) is 12.1 Å². The first kappa shape index (κ1) is 13.6. The van der Waals surface area contributed by atoms with Crippen LogP contribution in [-0.2, 0) is 6.54 Å². The summed E-state index contributed by atoms with van der Waals surface area (Å²) in [5, 5.41) is 12.3. The second-order valence-electron chi connectivity index (χ2n) is 4.87. The van der Waals surface area contributed by atoms with Gasteiger partial charge in [-0.2, -0.15) is 0 Å². The van der Waals surface area contributed by atoms with Crippen LogP contribution >= 0.6 is 15.9 Å². The van der Waals surface area contributed by atoms with Crippen molar-refractivity contribution in [2.24, 2.45) is 5.92 Å². The summed E-state index contributed by atoms with van der Waals surface area (Å²) in [7, 11) is 0. The molecule has 18 heavy (non-hydrogen) atoms. The third-order valence-electron chi connectivity index (χ3n) is 3.57. The first-order chi connectivity index (χ1) is 8.66. The first-order valence-electron chi connectivity index (χ1n) is 6.39. The number of carboxylic acid groups (broad SMARTS) is 1. The van der Waals surface area contributed by atoms with Crippen molar-refractivity contribution in [2.75, 3.05) is 6.54 Å². The van der Waals surface area contributed by atoms with Gasteiger partial charge < -0.3 is 10.4 Å². The summed E-state index contributed by atoms with van der Waals surface area (Å²) in [6, 6.07) is 5.17. The normalized spacial score (nSPS) is 15.4. The van der Waals surface area contributed by atoms with E-state index in [0.29, 0.717) is 5.56 Å². The molecule has 2 rings (SSSR count). The standard InChI is InChI=1S/C14H18BrNO2/c15-13-8-11(14(17)18)4-5-12(13)9-16-7-6-10-2-1-3-10/h4-5,8,10,16H,1-3,6-7,9H2,(H,17,18). The lowest BCUT2D eigenvalue weighted by molar-refractivity contribution is 0.0697. The zero-order chi connectivity index (χ0) is 13.0. The van der Waals surface area contributed by atoms with E-state index in [1.165, 1.54) is 25.7 Å². The number of hydrogen-bond donors (Lipinski definition) is 2. The van der Waals surface area contributed by atoms with Crippen LogP contribution in [0.2, 0.25) is 0 Å². The molecule has 0 atom stereocenters. The van der Waals surface area contributed by atoms with Crippen molar-refractivity contribution < 1.29 is 9.90 Å². The molecule has 1 aromatic carbocycles. The van der Waals surface area contributed by atoms with Crippen LogP contribution in [0.25, 0.3) is 0 Å². The number of nitrogens with one attached hydrogen (secondary N) is 1. The molecule has 0 aliphatic heterocycles. The van der Waals surface area contributed by atoms with E-state index in [0.717, 1.165) is 29.0 Å². The molecule has 1 aromatic rings. The Labute approximate surface area is 116 Å². The molecule has 0 heterocycles. The van der Waals surface area contributed by atoms with Gasteiger partial charge in [-0.05, 0) is 36.6 Å². The number of halogens is 1. The van der Waals surface area contributed by atoms with E-state index in [9.17, 15) is 4.79 Å². The predicted molar refractivity (Wildman–Crippen MR) is 74.8 cm³/mol. The maximum atomic E-state index is 10.8. The average molecular weight is 312 g/mol. The highest BCUT2D eigenvalue weighted by atomic mass is 79.9. The Kier molecular flexibility index (Phi) is 4.78. The second-order valence-corrected chi connectivity index (χ2v) is 5.73. The van der Waals surface area contributed by atoms with Gasteiger partial charge in [0, 0.05) is 11.0 Å². The van der Waals surface area contributed by atoms with Crippen molar-refractivity contribution in [3.8, 4) is 0 Å². The van der Waals surface area contributed by atoms with Crippen LogP contribution in [0.5, 0.6) is 0 Å². The van der Waals surface area contributed by atoms with Crippen molar-refractivity contribution in [2.45, 2.75) is 32.2 Å². The van der Waals surface area contributed by atoms with Gasteiger partial charge in [0.2, 0.25) is 0 Å². The van der Waals surface area contributed by atoms with Gasteiger partial charge in [-0.15, -0.1) is 0 Å². The zero-order valence-electron chi connectivity index (χ0n) is 10.3. The quantitative estimate of drug-likeness (QED) is 0.791. The Balaban J connectivity index is 1.79. The fourth-order valence-electron chi connectivity index (χ4n) is 2.13. The molecule has 0 aromatic heterocycles. The van der Waals surface area contributed by atoms with Gasteiger partial charge in [0.15, 0.2) is 0 Å². The Morgan fingerprint density at radius 3 is 2.78 bits per heavy atom. The molecule has 4 heteroatoms. The third kappa shape index (κ3) is 3.56. The Hall–Kier alpha value is -0.870. The average Bonchev–Trinajstić information content (AvgIpc) is 2.28. The van der Waals surface area contributed by atoms with Gasteiger partial charge in [0.1, 0.15) is 0 Å². The molecule has 2 N–H and O–H groups in total. The lowest BCUT2D eigenvalue weighted by Crippen LogP contribution is -2.21. The second kappa shape index (κ2) is 6.34.